The number of pyridine rings is 1. The first-order valence-corrected chi connectivity index (χ1v) is 6.27. The summed E-state index contributed by atoms with van der Waals surface area (Å²) in [7, 11) is 0. The standard InChI is InChI=1S/C15H17FN2O/c1-2-19-14-8-12(9-18-10-14)15(17)7-11-3-5-13(16)6-4-11/h3-6,8-10,15H,2,7,17H2,1H3. The Hall–Kier alpha value is -1.94. The van der Waals surface area contributed by atoms with Crippen LogP contribution in [-0.4, -0.2) is 11.6 Å². The van der Waals surface area contributed by atoms with Crippen molar-refractivity contribution >= 4 is 0 Å². The summed E-state index contributed by atoms with van der Waals surface area (Å²) in [6.45, 7) is 2.52. The zero-order chi connectivity index (χ0) is 13.7. The van der Waals surface area contributed by atoms with Crippen LogP contribution in [0.2, 0.25) is 0 Å². The highest BCUT2D eigenvalue weighted by Gasteiger charge is 2.09. The highest BCUT2D eigenvalue weighted by Crippen LogP contribution is 2.19. The van der Waals surface area contributed by atoms with Crippen LogP contribution in [-0.2, 0) is 6.42 Å². The number of aromatic nitrogens is 1. The Morgan fingerprint density at radius 3 is 2.68 bits per heavy atom. The summed E-state index contributed by atoms with van der Waals surface area (Å²) in [6, 6.07) is 8.08. The van der Waals surface area contributed by atoms with E-state index in [9.17, 15) is 4.39 Å². The molecular weight excluding hydrogens is 243 g/mol. The summed E-state index contributed by atoms with van der Waals surface area (Å²) >= 11 is 0. The maximum Gasteiger partial charge on any atom is 0.137 e. The number of nitrogens with zero attached hydrogens (tertiary/aromatic N) is 1. The van der Waals surface area contributed by atoms with E-state index in [0.29, 0.717) is 13.0 Å². The molecule has 0 spiro atoms. The maximum absolute atomic E-state index is 12.8. The molecule has 0 radical (unpaired) electrons. The molecule has 1 heterocycles. The lowest BCUT2D eigenvalue weighted by Gasteiger charge is -2.13. The minimum Gasteiger partial charge on any atom is -0.492 e. The molecule has 1 aromatic carbocycles. The summed E-state index contributed by atoms with van der Waals surface area (Å²) in [5.41, 5.74) is 8.05. The summed E-state index contributed by atoms with van der Waals surface area (Å²) < 4.78 is 18.2. The SMILES string of the molecule is CCOc1cncc(C(N)Cc2ccc(F)cc2)c1. The lowest BCUT2D eigenvalue weighted by Crippen LogP contribution is -2.13. The molecule has 2 N–H and O–H groups in total. The second-order valence-corrected chi connectivity index (χ2v) is 4.32. The molecule has 0 saturated carbocycles. The Labute approximate surface area is 112 Å². The van der Waals surface area contributed by atoms with Gasteiger partial charge in [-0.2, -0.15) is 0 Å². The quantitative estimate of drug-likeness (QED) is 0.899. The van der Waals surface area contributed by atoms with Crippen LogP contribution >= 0.6 is 0 Å². The lowest BCUT2D eigenvalue weighted by atomic mass is 10.0. The third-order valence-corrected chi connectivity index (χ3v) is 2.84. The molecule has 1 unspecified atom stereocenters. The van der Waals surface area contributed by atoms with Crippen LogP contribution in [0, 0.1) is 5.82 Å². The molecule has 0 aliphatic rings. The van der Waals surface area contributed by atoms with Gasteiger partial charge < -0.3 is 10.5 Å². The van der Waals surface area contributed by atoms with E-state index in [-0.39, 0.29) is 11.9 Å². The van der Waals surface area contributed by atoms with Gasteiger partial charge in [-0.05, 0) is 42.7 Å². The van der Waals surface area contributed by atoms with Crippen molar-refractivity contribution in [2.24, 2.45) is 5.73 Å². The molecule has 0 aliphatic heterocycles. The maximum atomic E-state index is 12.8. The van der Waals surface area contributed by atoms with Gasteiger partial charge in [0.2, 0.25) is 0 Å². The van der Waals surface area contributed by atoms with Gasteiger partial charge in [-0.15, -0.1) is 0 Å². The summed E-state index contributed by atoms with van der Waals surface area (Å²) in [5, 5.41) is 0. The van der Waals surface area contributed by atoms with E-state index >= 15 is 0 Å². The number of hydrogen-bond donors (Lipinski definition) is 1. The topological polar surface area (TPSA) is 48.1 Å². The molecular formula is C15H17FN2O. The zero-order valence-electron chi connectivity index (χ0n) is 10.8. The predicted molar refractivity (Wildman–Crippen MR) is 72.4 cm³/mol. The number of halogens is 1. The fraction of sp³-hybridized carbons (Fsp3) is 0.267. The van der Waals surface area contributed by atoms with Crippen molar-refractivity contribution in [3.63, 3.8) is 0 Å². The van der Waals surface area contributed by atoms with Gasteiger partial charge >= 0.3 is 0 Å². The van der Waals surface area contributed by atoms with E-state index in [1.54, 1.807) is 24.5 Å². The van der Waals surface area contributed by atoms with Gasteiger partial charge in [-0.25, -0.2) is 4.39 Å². The van der Waals surface area contributed by atoms with Crippen molar-refractivity contribution in [3.05, 3.63) is 59.7 Å². The fourth-order valence-corrected chi connectivity index (χ4v) is 1.88. The average molecular weight is 260 g/mol. The molecule has 1 atom stereocenters. The van der Waals surface area contributed by atoms with Crippen molar-refractivity contribution in [3.8, 4) is 5.75 Å². The molecule has 0 amide bonds. The molecule has 4 heteroatoms. The molecule has 1 aromatic heterocycles. The Morgan fingerprint density at radius 1 is 1.26 bits per heavy atom. The Morgan fingerprint density at radius 2 is 2.00 bits per heavy atom. The zero-order valence-corrected chi connectivity index (χ0v) is 10.8. The summed E-state index contributed by atoms with van der Waals surface area (Å²) in [5.74, 6) is 0.479. The monoisotopic (exact) mass is 260 g/mol. The van der Waals surface area contributed by atoms with Crippen LogP contribution in [0.3, 0.4) is 0 Å². The number of hydrogen-bond acceptors (Lipinski definition) is 3. The molecule has 3 nitrogen and oxygen atoms in total. The molecule has 100 valence electrons. The minimum absolute atomic E-state index is 0.182. The number of nitrogens with two attached hydrogens (primary N) is 1. The van der Waals surface area contributed by atoms with Crippen molar-refractivity contribution in [2.75, 3.05) is 6.61 Å². The number of rotatable bonds is 5. The van der Waals surface area contributed by atoms with Gasteiger partial charge in [-0.3, -0.25) is 4.98 Å². The van der Waals surface area contributed by atoms with E-state index in [0.717, 1.165) is 16.9 Å². The van der Waals surface area contributed by atoms with Crippen LogP contribution in [0.5, 0.6) is 5.75 Å². The molecule has 0 fully saturated rings. The Kier molecular flexibility index (Phi) is 4.47. The van der Waals surface area contributed by atoms with E-state index in [1.807, 2.05) is 13.0 Å². The van der Waals surface area contributed by atoms with Gasteiger partial charge in [0.1, 0.15) is 11.6 Å². The molecule has 2 rings (SSSR count). The first-order valence-electron chi connectivity index (χ1n) is 6.27. The second kappa shape index (κ2) is 6.29. The smallest absolute Gasteiger partial charge is 0.137 e. The second-order valence-electron chi connectivity index (χ2n) is 4.32. The first kappa shape index (κ1) is 13.5. The first-order chi connectivity index (χ1) is 9.19. The van der Waals surface area contributed by atoms with Crippen molar-refractivity contribution in [1.82, 2.24) is 4.98 Å². The average Bonchev–Trinajstić information content (AvgIpc) is 2.42. The van der Waals surface area contributed by atoms with Crippen LogP contribution in [0.4, 0.5) is 4.39 Å². The lowest BCUT2D eigenvalue weighted by molar-refractivity contribution is 0.338. The van der Waals surface area contributed by atoms with E-state index in [1.165, 1.54) is 12.1 Å². The highest BCUT2D eigenvalue weighted by atomic mass is 19.1. The van der Waals surface area contributed by atoms with Gasteiger partial charge in [0, 0.05) is 12.2 Å². The number of benzene rings is 1. The van der Waals surface area contributed by atoms with Crippen LogP contribution in [0.1, 0.15) is 24.1 Å². The molecule has 2 aromatic rings. The van der Waals surface area contributed by atoms with Crippen LogP contribution in [0.25, 0.3) is 0 Å². The Balaban J connectivity index is 2.08. The van der Waals surface area contributed by atoms with Crippen molar-refractivity contribution in [1.29, 1.82) is 0 Å². The minimum atomic E-state index is -0.239. The third kappa shape index (κ3) is 3.76. The van der Waals surface area contributed by atoms with Gasteiger partial charge in [-0.1, -0.05) is 12.1 Å². The summed E-state index contributed by atoms with van der Waals surface area (Å²) in [6.07, 6.45) is 4.03. The molecule has 0 aliphatic carbocycles. The van der Waals surface area contributed by atoms with Gasteiger partial charge in [0.05, 0.1) is 12.8 Å². The van der Waals surface area contributed by atoms with Crippen LogP contribution < -0.4 is 10.5 Å². The van der Waals surface area contributed by atoms with Crippen molar-refractivity contribution < 1.29 is 9.13 Å². The normalized spacial score (nSPS) is 12.2. The Bertz CT molecular complexity index is 528. The van der Waals surface area contributed by atoms with Crippen LogP contribution in [0.15, 0.2) is 42.7 Å². The molecule has 0 saturated heterocycles. The van der Waals surface area contributed by atoms with E-state index in [2.05, 4.69) is 4.98 Å². The molecule has 19 heavy (non-hydrogen) atoms. The van der Waals surface area contributed by atoms with E-state index < -0.39 is 0 Å². The van der Waals surface area contributed by atoms with Gasteiger partial charge in [0.25, 0.3) is 0 Å². The fourth-order valence-electron chi connectivity index (χ4n) is 1.88. The third-order valence-electron chi connectivity index (χ3n) is 2.84. The van der Waals surface area contributed by atoms with Crippen molar-refractivity contribution in [2.45, 2.75) is 19.4 Å². The largest absolute Gasteiger partial charge is 0.492 e. The predicted octanol–water partition coefficient (Wildman–Crippen LogP) is 2.86. The highest BCUT2D eigenvalue weighted by molar-refractivity contribution is 5.28. The molecule has 0 bridgehead atoms. The van der Waals surface area contributed by atoms with Gasteiger partial charge in [0.15, 0.2) is 0 Å². The van der Waals surface area contributed by atoms with E-state index in [4.69, 9.17) is 10.5 Å². The number of ether oxygens (including phenoxy) is 1. The summed E-state index contributed by atoms with van der Waals surface area (Å²) in [4.78, 5) is 4.12.